The van der Waals surface area contributed by atoms with Crippen LogP contribution in [0.15, 0.2) is 30.6 Å². The van der Waals surface area contributed by atoms with Gasteiger partial charge in [-0.15, -0.1) is 10.2 Å². The molecule has 8 heteroatoms. The van der Waals surface area contributed by atoms with Crippen LogP contribution in [0.5, 0.6) is 0 Å². The van der Waals surface area contributed by atoms with Crippen LogP contribution in [0.25, 0.3) is 0 Å². The molecule has 0 radical (unpaired) electrons. The summed E-state index contributed by atoms with van der Waals surface area (Å²) in [6.07, 6.45) is 5.42. The first-order valence-corrected chi connectivity index (χ1v) is 7.47. The largest absolute Gasteiger partial charge is 0.464 e. The smallest absolute Gasteiger partial charge is 0.358 e. The van der Waals surface area contributed by atoms with Crippen molar-refractivity contribution in [1.82, 2.24) is 20.2 Å². The van der Waals surface area contributed by atoms with E-state index in [0.717, 1.165) is 31.9 Å². The first kappa shape index (κ1) is 15.1. The maximum atomic E-state index is 11.3. The Labute approximate surface area is 133 Å². The van der Waals surface area contributed by atoms with Crippen molar-refractivity contribution in [3.63, 3.8) is 0 Å². The number of nitrogens with one attached hydrogen (secondary N) is 1. The van der Waals surface area contributed by atoms with E-state index in [1.54, 1.807) is 24.5 Å². The van der Waals surface area contributed by atoms with Gasteiger partial charge in [0.1, 0.15) is 5.82 Å². The minimum atomic E-state index is -0.486. The van der Waals surface area contributed by atoms with E-state index in [-0.39, 0.29) is 5.69 Å². The van der Waals surface area contributed by atoms with Crippen molar-refractivity contribution in [2.24, 2.45) is 0 Å². The minimum Gasteiger partial charge on any atom is -0.464 e. The number of rotatable bonds is 4. The number of piperidine rings is 1. The molecule has 1 aliphatic heterocycles. The fourth-order valence-corrected chi connectivity index (χ4v) is 2.51. The Bertz CT molecular complexity index is 641. The number of aromatic nitrogens is 4. The number of hydrogen-bond acceptors (Lipinski definition) is 8. The molecule has 0 aliphatic carbocycles. The summed E-state index contributed by atoms with van der Waals surface area (Å²) in [6.45, 7) is 1.77. The number of ether oxygens (including phenoxy) is 1. The predicted molar refractivity (Wildman–Crippen MR) is 84.3 cm³/mol. The van der Waals surface area contributed by atoms with E-state index < -0.39 is 5.97 Å². The van der Waals surface area contributed by atoms with E-state index in [1.165, 1.54) is 7.11 Å². The van der Waals surface area contributed by atoms with E-state index in [0.29, 0.717) is 11.9 Å². The molecule has 0 aromatic carbocycles. The highest BCUT2D eigenvalue weighted by Gasteiger charge is 2.21. The van der Waals surface area contributed by atoms with Crippen molar-refractivity contribution < 1.29 is 9.53 Å². The van der Waals surface area contributed by atoms with Gasteiger partial charge >= 0.3 is 5.97 Å². The summed E-state index contributed by atoms with van der Waals surface area (Å²) in [4.78, 5) is 22.0. The maximum Gasteiger partial charge on any atom is 0.358 e. The van der Waals surface area contributed by atoms with Crippen LogP contribution in [0.2, 0.25) is 0 Å². The first-order chi connectivity index (χ1) is 11.3. The molecule has 2 aromatic heterocycles. The standard InChI is InChI=1S/C15H18N6O2/c1-23-14(22)12-3-4-13(20-19-12)18-11-5-9-21(10-6-11)15-16-7-2-8-17-15/h2-4,7-8,11H,5-6,9-10H2,1H3,(H,18,20). The third-order valence-corrected chi connectivity index (χ3v) is 3.74. The molecule has 3 heterocycles. The third-order valence-electron chi connectivity index (χ3n) is 3.74. The molecule has 120 valence electrons. The number of methoxy groups -OCH3 is 1. The normalized spacial score (nSPS) is 15.3. The number of carbonyl (C=O) groups is 1. The van der Waals surface area contributed by atoms with Gasteiger partial charge in [0.15, 0.2) is 5.69 Å². The molecule has 1 N–H and O–H groups in total. The Morgan fingerprint density at radius 2 is 1.96 bits per heavy atom. The van der Waals surface area contributed by atoms with Gasteiger partial charge in [0.25, 0.3) is 0 Å². The van der Waals surface area contributed by atoms with Crippen LogP contribution in [0, 0.1) is 0 Å². The number of carbonyl (C=O) groups excluding carboxylic acids is 1. The topological polar surface area (TPSA) is 93.1 Å². The molecule has 1 aliphatic rings. The number of anilines is 2. The Kier molecular flexibility index (Phi) is 4.60. The average molecular weight is 314 g/mol. The Morgan fingerprint density at radius 1 is 1.22 bits per heavy atom. The van der Waals surface area contributed by atoms with E-state index in [2.05, 4.69) is 35.1 Å². The van der Waals surface area contributed by atoms with Gasteiger partial charge in [0, 0.05) is 31.5 Å². The lowest BCUT2D eigenvalue weighted by Gasteiger charge is -2.32. The average Bonchev–Trinajstić information content (AvgIpc) is 2.63. The lowest BCUT2D eigenvalue weighted by molar-refractivity contribution is 0.0593. The van der Waals surface area contributed by atoms with Crippen LogP contribution in [-0.4, -0.2) is 52.4 Å². The monoisotopic (exact) mass is 314 g/mol. The zero-order valence-electron chi connectivity index (χ0n) is 12.8. The molecular weight excluding hydrogens is 296 g/mol. The second kappa shape index (κ2) is 6.99. The highest BCUT2D eigenvalue weighted by molar-refractivity contribution is 5.86. The fourth-order valence-electron chi connectivity index (χ4n) is 2.51. The molecule has 1 saturated heterocycles. The molecule has 0 saturated carbocycles. The third kappa shape index (κ3) is 3.71. The zero-order valence-corrected chi connectivity index (χ0v) is 12.8. The van der Waals surface area contributed by atoms with Gasteiger partial charge in [-0.25, -0.2) is 14.8 Å². The second-order valence-corrected chi connectivity index (χ2v) is 5.25. The van der Waals surface area contributed by atoms with Gasteiger partial charge in [0.05, 0.1) is 7.11 Å². The summed E-state index contributed by atoms with van der Waals surface area (Å²) < 4.78 is 4.60. The fraction of sp³-hybridized carbons (Fsp3) is 0.400. The summed E-state index contributed by atoms with van der Waals surface area (Å²) in [5.74, 6) is 0.945. The SMILES string of the molecule is COC(=O)c1ccc(NC2CCN(c3ncccn3)CC2)nn1. The molecule has 0 spiro atoms. The Morgan fingerprint density at radius 3 is 2.57 bits per heavy atom. The van der Waals surface area contributed by atoms with E-state index in [4.69, 9.17) is 0 Å². The van der Waals surface area contributed by atoms with Gasteiger partial charge < -0.3 is 15.0 Å². The summed E-state index contributed by atoms with van der Waals surface area (Å²) in [5, 5.41) is 11.2. The first-order valence-electron chi connectivity index (χ1n) is 7.47. The van der Waals surface area contributed by atoms with Crippen LogP contribution in [-0.2, 0) is 4.74 Å². The van der Waals surface area contributed by atoms with Gasteiger partial charge in [-0.1, -0.05) is 0 Å². The molecule has 3 rings (SSSR count). The van der Waals surface area contributed by atoms with Crippen molar-refractivity contribution in [1.29, 1.82) is 0 Å². The highest BCUT2D eigenvalue weighted by Crippen LogP contribution is 2.18. The van der Waals surface area contributed by atoms with Gasteiger partial charge in [-0.2, -0.15) is 0 Å². The highest BCUT2D eigenvalue weighted by atomic mass is 16.5. The molecule has 0 atom stereocenters. The van der Waals surface area contributed by atoms with E-state index in [9.17, 15) is 4.79 Å². The van der Waals surface area contributed by atoms with Crippen molar-refractivity contribution in [3.8, 4) is 0 Å². The number of hydrogen-bond donors (Lipinski definition) is 1. The summed E-state index contributed by atoms with van der Waals surface area (Å²) in [5.41, 5.74) is 0.203. The van der Waals surface area contributed by atoms with Crippen molar-refractivity contribution in [2.75, 3.05) is 30.4 Å². The quantitative estimate of drug-likeness (QED) is 0.840. The van der Waals surface area contributed by atoms with Crippen LogP contribution in [0.3, 0.4) is 0 Å². The molecule has 1 fully saturated rings. The molecular formula is C15H18N6O2. The Balaban J connectivity index is 1.53. The predicted octanol–water partition coefficient (Wildman–Crippen LogP) is 1.13. The molecule has 0 amide bonds. The van der Waals surface area contributed by atoms with Crippen molar-refractivity contribution in [2.45, 2.75) is 18.9 Å². The van der Waals surface area contributed by atoms with Crippen molar-refractivity contribution >= 4 is 17.7 Å². The molecule has 2 aromatic rings. The number of nitrogens with zero attached hydrogens (tertiary/aromatic N) is 5. The summed E-state index contributed by atoms with van der Waals surface area (Å²) in [7, 11) is 1.32. The van der Waals surface area contributed by atoms with Crippen LogP contribution in [0.1, 0.15) is 23.3 Å². The van der Waals surface area contributed by atoms with Crippen molar-refractivity contribution in [3.05, 3.63) is 36.3 Å². The second-order valence-electron chi connectivity index (χ2n) is 5.25. The molecule has 0 unspecified atom stereocenters. The van der Waals surface area contributed by atoms with Gasteiger partial charge in [0.2, 0.25) is 5.95 Å². The molecule has 23 heavy (non-hydrogen) atoms. The van der Waals surface area contributed by atoms with E-state index in [1.807, 2.05) is 6.07 Å². The summed E-state index contributed by atoms with van der Waals surface area (Å²) in [6, 6.07) is 5.47. The zero-order chi connectivity index (χ0) is 16.1. The van der Waals surface area contributed by atoms with Crippen LogP contribution in [0.4, 0.5) is 11.8 Å². The lowest BCUT2D eigenvalue weighted by Crippen LogP contribution is -2.40. The lowest BCUT2D eigenvalue weighted by atomic mass is 10.1. The Hall–Kier alpha value is -2.77. The minimum absolute atomic E-state index is 0.203. The maximum absolute atomic E-state index is 11.3. The van der Waals surface area contributed by atoms with Crippen LogP contribution >= 0.6 is 0 Å². The van der Waals surface area contributed by atoms with Crippen LogP contribution < -0.4 is 10.2 Å². The van der Waals surface area contributed by atoms with E-state index >= 15 is 0 Å². The van der Waals surface area contributed by atoms with Gasteiger partial charge in [-0.3, -0.25) is 0 Å². The molecule has 8 nitrogen and oxygen atoms in total. The molecule has 0 bridgehead atoms. The number of esters is 1. The summed E-state index contributed by atoms with van der Waals surface area (Å²) >= 11 is 0. The van der Waals surface area contributed by atoms with Gasteiger partial charge in [-0.05, 0) is 31.0 Å².